The third-order valence-corrected chi connectivity index (χ3v) is 9.61. The highest BCUT2D eigenvalue weighted by atomic mass is 35.5. The molecule has 0 aromatic heterocycles. The lowest BCUT2D eigenvalue weighted by molar-refractivity contribution is 0.0734. The van der Waals surface area contributed by atoms with Crippen LogP contribution in [0.3, 0.4) is 0 Å². The number of rotatable bonds is 7. The number of carbonyl (C=O) groups excluding carboxylic acids is 1. The average molecular weight is 419 g/mol. The summed E-state index contributed by atoms with van der Waals surface area (Å²) < 4.78 is 18.9. The van der Waals surface area contributed by atoms with Crippen molar-refractivity contribution in [3.63, 3.8) is 0 Å². The van der Waals surface area contributed by atoms with Gasteiger partial charge in [-0.2, -0.15) is 0 Å². The first-order valence-corrected chi connectivity index (χ1v) is 13.2. The largest absolute Gasteiger partial charge is 0.423 e. The van der Waals surface area contributed by atoms with Gasteiger partial charge in [-0.05, 0) is 54.7 Å². The molecule has 0 spiro atoms. The second-order valence-electron chi connectivity index (χ2n) is 7.80. The van der Waals surface area contributed by atoms with Crippen LogP contribution in [0, 0.1) is 5.82 Å². The summed E-state index contributed by atoms with van der Waals surface area (Å²) in [7, 11) is -0.501. The SMILES string of the molecule is CCCCC[SiH]1CCC(c2ccc(OC(=O)c3ccc(Cl)c(F)c3)cc2)CC1. The molecular formula is C23H28ClFO2Si. The molecule has 0 saturated carbocycles. The quantitative estimate of drug-likeness (QED) is 0.209. The molecular weight excluding hydrogens is 391 g/mol. The monoisotopic (exact) mass is 418 g/mol. The Morgan fingerprint density at radius 3 is 2.50 bits per heavy atom. The van der Waals surface area contributed by atoms with E-state index >= 15 is 0 Å². The molecule has 2 nitrogen and oxygen atoms in total. The van der Waals surface area contributed by atoms with Crippen LogP contribution in [0.4, 0.5) is 4.39 Å². The molecule has 0 bridgehead atoms. The van der Waals surface area contributed by atoms with E-state index in [-0.39, 0.29) is 10.6 Å². The maximum absolute atomic E-state index is 13.5. The molecule has 1 heterocycles. The smallest absolute Gasteiger partial charge is 0.343 e. The first-order chi connectivity index (χ1) is 13.6. The van der Waals surface area contributed by atoms with Gasteiger partial charge in [0.05, 0.1) is 10.6 Å². The Morgan fingerprint density at radius 2 is 1.86 bits per heavy atom. The maximum Gasteiger partial charge on any atom is 0.343 e. The lowest BCUT2D eigenvalue weighted by Crippen LogP contribution is -2.20. The van der Waals surface area contributed by atoms with Crippen LogP contribution in [0.15, 0.2) is 42.5 Å². The van der Waals surface area contributed by atoms with Crippen molar-refractivity contribution in [1.82, 2.24) is 0 Å². The van der Waals surface area contributed by atoms with Gasteiger partial charge in [0, 0.05) is 8.80 Å². The first kappa shape index (κ1) is 21.1. The number of benzene rings is 2. The van der Waals surface area contributed by atoms with Gasteiger partial charge in [0.2, 0.25) is 0 Å². The lowest BCUT2D eigenvalue weighted by Gasteiger charge is -2.28. The van der Waals surface area contributed by atoms with Crippen molar-refractivity contribution >= 4 is 26.4 Å². The molecule has 2 aromatic carbocycles. The van der Waals surface area contributed by atoms with Crippen LogP contribution in [0.1, 0.15) is 60.9 Å². The number of carbonyl (C=O) groups is 1. The zero-order valence-corrected chi connectivity index (χ0v) is 18.3. The highest BCUT2D eigenvalue weighted by Gasteiger charge is 2.23. The van der Waals surface area contributed by atoms with E-state index in [0.29, 0.717) is 11.7 Å². The Labute approximate surface area is 173 Å². The van der Waals surface area contributed by atoms with Crippen molar-refractivity contribution in [2.75, 3.05) is 0 Å². The molecule has 3 rings (SSSR count). The summed E-state index contributed by atoms with van der Waals surface area (Å²) in [6.45, 7) is 2.27. The fourth-order valence-electron chi connectivity index (χ4n) is 4.06. The third kappa shape index (κ3) is 5.68. The molecule has 5 heteroatoms. The number of esters is 1. The molecule has 2 aromatic rings. The van der Waals surface area contributed by atoms with Crippen LogP contribution in [0.2, 0.25) is 23.2 Å². The van der Waals surface area contributed by atoms with Crippen LogP contribution >= 0.6 is 11.6 Å². The summed E-state index contributed by atoms with van der Waals surface area (Å²) in [5.41, 5.74) is 1.48. The van der Waals surface area contributed by atoms with Crippen molar-refractivity contribution in [2.24, 2.45) is 0 Å². The minimum atomic E-state index is -0.625. The first-order valence-electron chi connectivity index (χ1n) is 10.3. The second kappa shape index (κ2) is 10.2. The van der Waals surface area contributed by atoms with Crippen LogP contribution in [0.25, 0.3) is 0 Å². The average Bonchev–Trinajstić information content (AvgIpc) is 2.71. The molecule has 150 valence electrons. The van der Waals surface area contributed by atoms with Crippen molar-refractivity contribution in [1.29, 1.82) is 0 Å². The fourth-order valence-corrected chi connectivity index (χ4v) is 7.66. The van der Waals surface area contributed by atoms with E-state index in [9.17, 15) is 9.18 Å². The summed E-state index contributed by atoms with van der Waals surface area (Å²) in [5, 5.41) is -0.0101. The van der Waals surface area contributed by atoms with Crippen molar-refractivity contribution < 1.29 is 13.9 Å². The summed E-state index contributed by atoms with van der Waals surface area (Å²) in [4.78, 5) is 12.2. The number of ether oxygens (including phenoxy) is 1. The van der Waals surface area contributed by atoms with Gasteiger partial charge in [-0.25, -0.2) is 9.18 Å². The van der Waals surface area contributed by atoms with Crippen LogP contribution in [-0.2, 0) is 0 Å². The van der Waals surface area contributed by atoms with E-state index in [2.05, 4.69) is 19.1 Å². The molecule has 1 aliphatic heterocycles. The molecule has 0 atom stereocenters. The van der Waals surface area contributed by atoms with Crippen molar-refractivity contribution in [2.45, 2.75) is 63.1 Å². The molecule has 0 radical (unpaired) electrons. The Bertz CT molecular complexity index is 786. The maximum atomic E-state index is 13.5. The standard InChI is InChI=1S/C23H28ClFO2Si/c1-2-3-4-13-28-14-11-18(12-15-28)17-5-8-20(9-6-17)27-23(26)19-7-10-21(24)22(25)16-19/h5-10,16,18,28H,2-4,11-15H2,1H3. The van der Waals surface area contributed by atoms with Crippen molar-refractivity contribution in [3.05, 3.63) is 64.4 Å². The molecule has 28 heavy (non-hydrogen) atoms. The van der Waals surface area contributed by atoms with Gasteiger partial charge < -0.3 is 4.74 Å². The number of hydrogen-bond acceptors (Lipinski definition) is 2. The van der Waals surface area contributed by atoms with E-state index in [0.717, 1.165) is 6.07 Å². The second-order valence-corrected chi connectivity index (χ2v) is 11.7. The molecule has 1 fully saturated rings. The van der Waals surface area contributed by atoms with Gasteiger partial charge in [0.25, 0.3) is 0 Å². The zero-order valence-electron chi connectivity index (χ0n) is 16.4. The predicted molar refractivity (Wildman–Crippen MR) is 116 cm³/mol. The molecule has 0 N–H and O–H groups in total. The highest BCUT2D eigenvalue weighted by molar-refractivity contribution is 6.59. The van der Waals surface area contributed by atoms with E-state index in [1.54, 1.807) is 0 Å². The highest BCUT2D eigenvalue weighted by Crippen LogP contribution is 2.35. The Morgan fingerprint density at radius 1 is 1.14 bits per heavy atom. The topological polar surface area (TPSA) is 26.3 Å². The minimum Gasteiger partial charge on any atom is -0.423 e. The zero-order chi connectivity index (χ0) is 19.9. The van der Waals surface area contributed by atoms with E-state index in [4.69, 9.17) is 16.3 Å². The van der Waals surface area contributed by atoms with Gasteiger partial charge in [-0.1, -0.05) is 68.1 Å². The summed E-state index contributed by atoms with van der Waals surface area (Å²) in [6.07, 6.45) is 6.72. The van der Waals surface area contributed by atoms with Crippen LogP contribution in [0.5, 0.6) is 5.75 Å². The summed E-state index contributed by atoms with van der Waals surface area (Å²) >= 11 is 5.65. The number of halogens is 2. The van der Waals surface area contributed by atoms with E-state index < -0.39 is 20.6 Å². The Hall–Kier alpha value is -1.65. The van der Waals surface area contributed by atoms with Crippen LogP contribution in [-0.4, -0.2) is 14.8 Å². The van der Waals surface area contributed by atoms with Gasteiger partial charge in [0.1, 0.15) is 11.6 Å². The fraction of sp³-hybridized carbons (Fsp3) is 0.435. The number of unbranched alkanes of at least 4 members (excludes halogenated alkanes) is 2. The molecule has 1 aliphatic rings. The summed E-state index contributed by atoms with van der Waals surface area (Å²) in [6, 6.07) is 16.1. The lowest BCUT2D eigenvalue weighted by atomic mass is 9.93. The number of hydrogen-bond donors (Lipinski definition) is 0. The van der Waals surface area contributed by atoms with Gasteiger partial charge in [-0.3, -0.25) is 0 Å². The molecule has 0 unspecified atom stereocenters. The Kier molecular flexibility index (Phi) is 7.69. The van der Waals surface area contributed by atoms with E-state index in [1.807, 2.05) is 12.1 Å². The minimum absolute atomic E-state index is 0.0101. The molecule has 1 saturated heterocycles. The molecule has 0 amide bonds. The normalized spacial score (nSPS) is 19.4. The van der Waals surface area contributed by atoms with Crippen molar-refractivity contribution in [3.8, 4) is 5.75 Å². The van der Waals surface area contributed by atoms with Gasteiger partial charge in [-0.15, -0.1) is 0 Å². The van der Waals surface area contributed by atoms with Gasteiger partial charge >= 0.3 is 5.97 Å². The third-order valence-electron chi connectivity index (χ3n) is 5.78. The molecule has 0 aliphatic carbocycles. The van der Waals surface area contributed by atoms with Gasteiger partial charge in [0.15, 0.2) is 0 Å². The Balaban J connectivity index is 1.52. The van der Waals surface area contributed by atoms with Crippen LogP contribution < -0.4 is 4.74 Å². The van der Waals surface area contributed by atoms with E-state index in [1.165, 1.54) is 67.9 Å². The summed E-state index contributed by atoms with van der Waals surface area (Å²) in [5.74, 6) is -0.0982. The predicted octanol–water partition coefficient (Wildman–Crippen LogP) is 6.99.